The number of aliphatic carboxylic acids is 1. The number of methoxy groups -OCH3 is 2. The summed E-state index contributed by atoms with van der Waals surface area (Å²) in [6, 6.07) is 7.75. The van der Waals surface area contributed by atoms with Crippen LogP contribution in [0.3, 0.4) is 0 Å². The van der Waals surface area contributed by atoms with Crippen LogP contribution < -0.4 is 14.8 Å². The molecule has 0 radical (unpaired) electrons. The second-order valence-corrected chi connectivity index (χ2v) is 8.64. The quantitative estimate of drug-likeness (QED) is 0.173. The van der Waals surface area contributed by atoms with E-state index in [4.69, 9.17) is 14.6 Å². The van der Waals surface area contributed by atoms with E-state index in [0.717, 1.165) is 63.5 Å². The van der Waals surface area contributed by atoms with E-state index in [-0.39, 0.29) is 6.42 Å². The SMILES string of the molecule is COc1ccc(-c2nc(SC)nc(NCCCCCCCCCCC(=O)O)c2C#N)cc1OC. The molecule has 0 saturated carbocycles. The molecular formula is C25H34N4O4S. The zero-order chi connectivity index (χ0) is 24.8. The van der Waals surface area contributed by atoms with E-state index in [1.54, 1.807) is 20.3 Å². The van der Waals surface area contributed by atoms with Crippen molar-refractivity contribution < 1.29 is 19.4 Å². The fourth-order valence-electron chi connectivity index (χ4n) is 3.63. The molecular weight excluding hydrogens is 452 g/mol. The number of anilines is 1. The number of nitriles is 1. The Morgan fingerprint density at radius 2 is 1.68 bits per heavy atom. The zero-order valence-corrected chi connectivity index (χ0v) is 21.0. The number of aromatic nitrogens is 2. The van der Waals surface area contributed by atoms with Gasteiger partial charge in [0.15, 0.2) is 16.7 Å². The number of carboxylic acid groups (broad SMARTS) is 1. The van der Waals surface area contributed by atoms with Gasteiger partial charge in [-0.2, -0.15) is 5.26 Å². The first kappa shape index (κ1) is 27.3. The predicted molar refractivity (Wildman–Crippen MR) is 135 cm³/mol. The topological polar surface area (TPSA) is 117 Å². The maximum Gasteiger partial charge on any atom is 0.303 e. The van der Waals surface area contributed by atoms with E-state index in [0.29, 0.717) is 33.7 Å². The van der Waals surface area contributed by atoms with Gasteiger partial charge in [-0.25, -0.2) is 9.97 Å². The number of carbonyl (C=O) groups is 1. The second kappa shape index (κ2) is 15.0. The van der Waals surface area contributed by atoms with Gasteiger partial charge < -0.3 is 19.9 Å². The highest BCUT2D eigenvalue weighted by Crippen LogP contribution is 2.35. The predicted octanol–water partition coefficient (Wildman–Crippen LogP) is 5.76. The van der Waals surface area contributed by atoms with Crippen LogP contribution in [0.1, 0.15) is 63.4 Å². The van der Waals surface area contributed by atoms with Gasteiger partial charge >= 0.3 is 5.97 Å². The van der Waals surface area contributed by atoms with E-state index in [1.807, 2.05) is 18.4 Å². The maximum absolute atomic E-state index is 10.5. The fraction of sp³-hybridized carbons (Fsp3) is 0.520. The van der Waals surface area contributed by atoms with Crippen LogP contribution in [0.15, 0.2) is 23.4 Å². The van der Waals surface area contributed by atoms with E-state index < -0.39 is 5.97 Å². The largest absolute Gasteiger partial charge is 0.493 e. The second-order valence-electron chi connectivity index (χ2n) is 7.86. The van der Waals surface area contributed by atoms with Crippen molar-refractivity contribution in [3.8, 4) is 28.8 Å². The molecule has 0 aliphatic carbocycles. The van der Waals surface area contributed by atoms with Crippen LogP contribution in [0.5, 0.6) is 11.5 Å². The van der Waals surface area contributed by atoms with Gasteiger partial charge in [0.25, 0.3) is 0 Å². The first-order chi connectivity index (χ1) is 16.5. The molecule has 184 valence electrons. The molecule has 0 saturated heterocycles. The van der Waals surface area contributed by atoms with Crippen molar-refractivity contribution in [3.63, 3.8) is 0 Å². The van der Waals surface area contributed by atoms with E-state index in [1.165, 1.54) is 11.8 Å². The standard InChI is InChI=1S/C25H34N4O4S/c1-32-20-14-13-18(16-21(20)33-2)23-19(17-26)24(29-25(28-23)34-3)27-15-11-9-7-5-4-6-8-10-12-22(30)31/h13-14,16H,4-12,15H2,1-3H3,(H,30,31)(H,27,28,29). The summed E-state index contributed by atoms with van der Waals surface area (Å²) < 4.78 is 10.7. The van der Waals surface area contributed by atoms with Crippen LogP contribution in [0.25, 0.3) is 11.3 Å². The number of carboxylic acids is 1. The van der Waals surface area contributed by atoms with Gasteiger partial charge in [-0.05, 0) is 37.3 Å². The van der Waals surface area contributed by atoms with Crippen LogP contribution in [-0.2, 0) is 4.79 Å². The monoisotopic (exact) mass is 486 g/mol. The average molecular weight is 487 g/mol. The van der Waals surface area contributed by atoms with Crippen molar-refractivity contribution >= 4 is 23.5 Å². The number of hydrogen-bond donors (Lipinski definition) is 2. The number of nitrogens with one attached hydrogen (secondary N) is 1. The minimum Gasteiger partial charge on any atom is -0.493 e. The lowest BCUT2D eigenvalue weighted by molar-refractivity contribution is -0.137. The molecule has 0 fully saturated rings. The van der Waals surface area contributed by atoms with Gasteiger partial charge in [0.1, 0.15) is 17.5 Å². The van der Waals surface area contributed by atoms with Crippen molar-refractivity contribution in [1.29, 1.82) is 5.26 Å². The Morgan fingerprint density at radius 1 is 1.03 bits per heavy atom. The normalized spacial score (nSPS) is 10.5. The highest BCUT2D eigenvalue weighted by atomic mass is 32.2. The summed E-state index contributed by atoms with van der Waals surface area (Å²) >= 11 is 1.43. The number of rotatable bonds is 16. The van der Waals surface area contributed by atoms with Crippen LogP contribution in [0.4, 0.5) is 5.82 Å². The highest BCUT2D eigenvalue weighted by Gasteiger charge is 2.17. The first-order valence-corrected chi connectivity index (χ1v) is 12.8. The Hall–Kier alpha value is -2.99. The molecule has 0 atom stereocenters. The third kappa shape index (κ3) is 8.41. The van der Waals surface area contributed by atoms with Crippen molar-refractivity contribution in [3.05, 3.63) is 23.8 Å². The summed E-state index contributed by atoms with van der Waals surface area (Å²) in [4.78, 5) is 19.6. The molecule has 1 aromatic heterocycles. The molecule has 9 heteroatoms. The van der Waals surface area contributed by atoms with Gasteiger partial charge in [0, 0.05) is 18.5 Å². The minimum absolute atomic E-state index is 0.269. The van der Waals surface area contributed by atoms with Crippen molar-refractivity contribution in [2.75, 3.05) is 32.3 Å². The molecule has 1 heterocycles. The van der Waals surface area contributed by atoms with Crippen LogP contribution in [-0.4, -0.2) is 48.1 Å². The molecule has 1 aromatic carbocycles. The van der Waals surface area contributed by atoms with Crippen LogP contribution in [0.2, 0.25) is 0 Å². The highest BCUT2D eigenvalue weighted by molar-refractivity contribution is 7.98. The molecule has 0 aliphatic rings. The fourth-order valence-corrected chi connectivity index (χ4v) is 3.99. The van der Waals surface area contributed by atoms with Gasteiger partial charge in [-0.3, -0.25) is 4.79 Å². The average Bonchev–Trinajstić information content (AvgIpc) is 2.85. The van der Waals surface area contributed by atoms with Crippen LogP contribution in [0, 0.1) is 11.3 Å². The van der Waals surface area contributed by atoms with E-state index in [2.05, 4.69) is 21.4 Å². The lowest BCUT2D eigenvalue weighted by Gasteiger charge is -2.14. The number of benzene rings is 1. The molecule has 2 N–H and O–H groups in total. The maximum atomic E-state index is 10.5. The van der Waals surface area contributed by atoms with Gasteiger partial charge in [0.05, 0.1) is 19.9 Å². The lowest BCUT2D eigenvalue weighted by atomic mass is 10.1. The van der Waals surface area contributed by atoms with Crippen molar-refractivity contribution in [1.82, 2.24) is 9.97 Å². The molecule has 2 aromatic rings. The van der Waals surface area contributed by atoms with Gasteiger partial charge in [0.2, 0.25) is 0 Å². The number of unbranched alkanes of at least 4 members (excludes halogenated alkanes) is 7. The smallest absolute Gasteiger partial charge is 0.303 e. The third-order valence-corrected chi connectivity index (χ3v) is 6.00. The lowest BCUT2D eigenvalue weighted by Crippen LogP contribution is -2.08. The number of thioether (sulfide) groups is 1. The Labute approximate surface area is 206 Å². The summed E-state index contributed by atoms with van der Waals surface area (Å²) in [5, 5.41) is 22.5. The molecule has 2 rings (SSSR count). The molecule has 0 aliphatic heterocycles. The van der Waals surface area contributed by atoms with Crippen LogP contribution >= 0.6 is 11.8 Å². The molecule has 0 spiro atoms. The number of nitrogens with zero attached hydrogens (tertiary/aromatic N) is 3. The summed E-state index contributed by atoms with van der Waals surface area (Å²) in [6.45, 7) is 0.726. The number of ether oxygens (including phenoxy) is 2. The van der Waals surface area contributed by atoms with E-state index in [9.17, 15) is 10.1 Å². The minimum atomic E-state index is -0.712. The summed E-state index contributed by atoms with van der Waals surface area (Å²) in [7, 11) is 3.16. The molecule has 0 bridgehead atoms. The number of hydrogen-bond acceptors (Lipinski definition) is 8. The Morgan fingerprint density at radius 3 is 2.26 bits per heavy atom. The Bertz CT molecular complexity index is 978. The summed E-state index contributed by atoms with van der Waals surface area (Å²) in [6.07, 6.45) is 10.5. The van der Waals surface area contributed by atoms with Crippen molar-refractivity contribution in [2.24, 2.45) is 0 Å². The summed E-state index contributed by atoms with van der Waals surface area (Å²) in [5.74, 6) is 1.02. The Kier molecular flexibility index (Phi) is 12.0. The first-order valence-electron chi connectivity index (χ1n) is 11.6. The zero-order valence-electron chi connectivity index (χ0n) is 20.2. The Balaban J connectivity index is 1.94. The third-order valence-electron chi connectivity index (χ3n) is 5.45. The van der Waals surface area contributed by atoms with Gasteiger partial charge in [-0.1, -0.05) is 50.3 Å². The van der Waals surface area contributed by atoms with E-state index >= 15 is 0 Å². The molecule has 34 heavy (non-hydrogen) atoms. The molecule has 8 nitrogen and oxygen atoms in total. The van der Waals surface area contributed by atoms with Crippen molar-refractivity contribution in [2.45, 2.75) is 62.9 Å². The summed E-state index contributed by atoms with van der Waals surface area (Å²) in [5.41, 5.74) is 1.73. The molecule has 0 amide bonds. The molecule has 0 unspecified atom stereocenters. The van der Waals surface area contributed by atoms with Gasteiger partial charge in [-0.15, -0.1) is 0 Å².